The molecule has 0 spiro atoms. The molecule has 1 fully saturated rings. The first-order valence-electron chi connectivity index (χ1n) is 9.59. The third-order valence-corrected chi connectivity index (χ3v) is 6.02. The van der Waals surface area contributed by atoms with Gasteiger partial charge in [-0.2, -0.15) is 5.10 Å². The summed E-state index contributed by atoms with van der Waals surface area (Å²) in [6.45, 7) is 7.09. The number of anilines is 1. The molecule has 8 heteroatoms. The van der Waals surface area contributed by atoms with E-state index in [1.165, 1.54) is 0 Å². The van der Waals surface area contributed by atoms with Crippen LogP contribution in [0.4, 0.5) is 5.13 Å². The van der Waals surface area contributed by atoms with Gasteiger partial charge in [0.1, 0.15) is 0 Å². The molecule has 7 nitrogen and oxygen atoms in total. The van der Waals surface area contributed by atoms with Gasteiger partial charge in [-0.15, -0.1) is 0 Å². The van der Waals surface area contributed by atoms with Crippen LogP contribution in [-0.4, -0.2) is 65.0 Å². The van der Waals surface area contributed by atoms with Gasteiger partial charge in [0.25, 0.3) is 5.91 Å². The fourth-order valence-electron chi connectivity index (χ4n) is 3.42. The van der Waals surface area contributed by atoms with E-state index in [1.807, 2.05) is 13.1 Å². The Labute approximate surface area is 168 Å². The molecule has 148 valence electrons. The highest BCUT2D eigenvalue weighted by Crippen LogP contribution is 2.31. The summed E-state index contributed by atoms with van der Waals surface area (Å²) in [6, 6.07) is 7.90. The Kier molecular flexibility index (Phi) is 5.70. The zero-order chi connectivity index (χ0) is 19.5. The van der Waals surface area contributed by atoms with Gasteiger partial charge in [0, 0.05) is 39.4 Å². The van der Waals surface area contributed by atoms with Crippen molar-refractivity contribution in [1.82, 2.24) is 19.7 Å². The Morgan fingerprint density at radius 3 is 2.82 bits per heavy atom. The molecule has 0 aliphatic carbocycles. The average Bonchev–Trinajstić information content (AvgIpc) is 3.33. The maximum Gasteiger partial charge on any atom is 0.280 e. The van der Waals surface area contributed by atoms with E-state index in [-0.39, 0.29) is 5.91 Å². The molecule has 28 heavy (non-hydrogen) atoms. The molecule has 3 aromatic rings. The van der Waals surface area contributed by atoms with Crippen molar-refractivity contribution in [1.29, 1.82) is 0 Å². The molecule has 4 rings (SSSR count). The number of carbonyl (C=O) groups is 1. The van der Waals surface area contributed by atoms with Crippen LogP contribution in [0, 0.1) is 6.92 Å². The number of hydrogen-bond acceptors (Lipinski definition) is 6. The fourth-order valence-corrected chi connectivity index (χ4v) is 4.49. The van der Waals surface area contributed by atoms with Gasteiger partial charge in [-0.25, -0.2) is 4.98 Å². The van der Waals surface area contributed by atoms with Crippen LogP contribution in [0.2, 0.25) is 0 Å². The normalized spacial score (nSPS) is 15.2. The number of aryl methyl sites for hydroxylation is 2. The van der Waals surface area contributed by atoms with Crippen molar-refractivity contribution in [3.05, 3.63) is 41.7 Å². The summed E-state index contributed by atoms with van der Waals surface area (Å²) < 4.78 is 8.17. The van der Waals surface area contributed by atoms with E-state index in [0.29, 0.717) is 12.2 Å². The second-order valence-corrected chi connectivity index (χ2v) is 8.07. The summed E-state index contributed by atoms with van der Waals surface area (Å²) in [7, 11) is 1.82. The van der Waals surface area contributed by atoms with Gasteiger partial charge >= 0.3 is 0 Å². The number of carbonyl (C=O) groups excluding carboxylic acids is 1. The molecule has 0 atom stereocenters. The highest BCUT2D eigenvalue weighted by atomic mass is 32.1. The van der Waals surface area contributed by atoms with Crippen LogP contribution in [-0.2, 0) is 11.8 Å². The lowest BCUT2D eigenvalue weighted by molar-refractivity contribution is 0.0376. The lowest BCUT2D eigenvalue weighted by Crippen LogP contribution is -2.39. The van der Waals surface area contributed by atoms with Gasteiger partial charge < -0.3 is 4.74 Å². The largest absolute Gasteiger partial charge is 0.379 e. The van der Waals surface area contributed by atoms with Gasteiger partial charge in [0.15, 0.2) is 10.8 Å². The summed E-state index contributed by atoms with van der Waals surface area (Å²) >= 11 is 1.56. The zero-order valence-corrected chi connectivity index (χ0v) is 17.1. The number of aromatic nitrogens is 3. The molecular weight excluding hydrogens is 374 g/mol. The fraction of sp³-hybridized carbons (Fsp3) is 0.450. The molecule has 1 aliphatic rings. The smallest absolute Gasteiger partial charge is 0.280 e. The minimum Gasteiger partial charge on any atom is -0.379 e. The predicted octanol–water partition coefficient (Wildman–Crippen LogP) is 2.71. The highest BCUT2D eigenvalue weighted by Gasteiger charge is 2.23. The van der Waals surface area contributed by atoms with Crippen LogP contribution in [0.15, 0.2) is 30.5 Å². The average molecular weight is 400 g/mol. The van der Waals surface area contributed by atoms with Crippen molar-refractivity contribution in [2.24, 2.45) is 7.05 Å². The van der Waals surface area contributed by atoms with Crippen molar-refractivity contribution >= 4 is 32.6 Å². The molecule has 1 aromatic carbocycles. The number of ether oxygens (including phenoxy) is 1. The number of hydrogen-bond donors (Lipinski definition) is 0. The molecule has 1 aliphatic heterocycles. The molecule has 0 radical (unpaired) electrons. The lowest BCUT2D eigenvalue weighted by Gasteiger charge is -2.27. The number of rotatable bonds is 6. The Balaban J connectivity index is 1.56. The number of para-hydroxylation sites is 1. The second-order valence-electron chi connectivity index (χ2n) is 7.06. The van der Waals surface area contributed by atoms with E-state index >= 15 is 0 Å². The molecule has 0 saturated carbocycles. The molecule has 1 amide bonds. The van der Waals surface area contributed by atoms with Crippen molar-refractivity contribution < 1.29 is 9.53 Å². The minimum absolute atomic E-state index is 0.0979. The molecular formula is C20H25N5O2S. The predicted molar refractivity (Wildman–Crippen MR) is 111 cm³/mol. The van der Waals surface area contributed by atoms with Crippen molar-refractivity contribution in [3.8, 4) is 0 Å². The van der Waals surface area contributed by atoms with E-state index in [9.17, 15) is 4.79 Å². The topological polar surface area (TPSA) is 63.5 Å². The number of fused-ring (bicyclic) bond motifs is 1. The summed E-state index contributed by atoms with van der Waals surface area (Å²) in [4.78, 5) is 22.1. The second kappa shape index (κ2) is 8.38. The van der Waals surface area contributed by atoms with Crippen LogP contribution in [0.3, 0.4) is 0 Å². The Hall–Kier alpha value is -2.29. The van der Waals surface area contributed by atoms with Gasteiger partial charge in [0.2, 0.25) is 0 Å². The van der Waals surface area contributed by atoms with Crippen LogP contribution in [0.1, 0.15) is 22.5 Å². The van der Waals surface area contributed by atoms with Crippen molar-refractivity contribution in [2.75, 3.05) is 44.3 Å². The Morgan fingerprint density at radius 2 is 2.11 bits per heavy atom. The summed E-state index contributed by atoms with van der Waals surface area (Å²) in [5.74, 6) is -0.0979. The van der Waals surface area contributed by atoms with Gasteiger partial charge in [-0.3, -0.25) is 19.3 Å². The lowest BCUT2D eigenvalue weighted by atomic mass is 10.2. The first-order valence-corrected chi connectivity index (χ1v) is 10.4. The van der Waals surface area contributed by atoms with E-state index in [4.69, 9.17) is 9.72 Å². The van der Waals surface area contributed by atoms with E-state index in [1.54, 1.807) is 33.2 Å². The minimum atomic E-state index is -0.0979. The molecule has 0 N–H and O–H groups in total. The van der Waals surface area contributed by atoms with Crippen LogP contribution < -0.4 is 4.90 Å². The van der Waals surface area contributed by atoms with Crippen LogP contribution >= 0.6 is 11.3 Å². The number of nitrogens with zero attached hydrogens (tertiary/aromatic N) is 5. The van der Waals surface area contributed by atoms with Gasteiger partial charge in [-0.1, -0.05) is 23.5 Å². The Bertz CT molecular complexity index is 961. The van der Waals surface area contributed by atoms with Gasteiger partial charge in [0.05, 0.1) is 23.4 Å². The monoisotopic (exact) mass is 399 g/mol. The zero-order valence-electron chi connectivity index (χ0n) is 16.3. The third-order valence-electron chi connectivity index (χ3n) is 4.98. The van der Waals surface area contributed by atoms with E-state index < -0.39 is 0 Å². The molecule has 0 unspecified atom stereocenters. The Morgan fingerprint density at radius 1 is 1.29 bits per heavy atom. The quantitative estimate of drug-likeness (QED) is 0.638. The standard InChI is InChI=1S/C20H25N5O2S/c1-15-5-3-6-17-18(15)21-20(28-17)25(19(26)16-7-10-23(2)22-16)9-4-8-24-11-13-27-14-12-24/h3,5-7,10H,4,8-9,11-14H2,1-2H3. The van der Waals surface area contributed by atoms with Crippen molar-refractivity contribution in [3.63, 3.8) is 0 Å². The maximum atomic E-state index is 13.2. The van der Waals surface area contributed by atoms with Crippen molar-refractivity contribution in [2.45, 2.75) is 13.3 Å². The maximum absolute atomic E-state index is 13.2. The van der Waals surface area contributed by atoms with E-state index in [2.05, 4.69) is 29.1 Å². The SMILES string of the molecule is Cc1cccc2sc(N(CCCN3CCOCC3)C(=O)c3ccn(C)n3)nc12. The van der Waals surface area contributed by atoms with E-state index in [0.717, 1.165) is 60.2 Å². The van der Waals surface area contributed by atoms with Crippen LogP contribution in [0.5, 0.6) is 0 Å². The van der Waals surface area contributed by atoms with Gasteiger partial charge in [-0.05, 0) is 31.0 Å². The summed E-state index contributed by atoms with van der Waals surface area (Å²) in [5.41, 5.74) is 2.54. The molecule has 3 heterocycles. The number of thiazole rings is 1. The van der Waals surface area contributed by atoms with Crippen LogP contribution in [0.25, 0.3) is 10.2 Å². The third kappa shape index (κ3) is 4.09. The molecule has 1 saturated heterocycles. The number of amides is 1. The first-order chi connectivity index (χ1) is 13.6. The summed E-state index contributed by atoms with van der Waals surface area (Å²) in [5, 5.41) is 5.04. The summed E-state index contributed by atoms with van der Waals surface area (Å²) in [6.07, 6.45) is 2.68. The first kappa shape index (κ1) is 19.0. The number of benzene rings is 1. The number of morpholine rings is 1. The molecule has 0 bridgehead atoms. The highest BCUT2D eigenvalue weighted by molar-refractivity contribution is 7.22. The molecule has 2 aromatic heterocycles.